The van der Waals surface area contributed by atoms with Gasteiger partial charge in [-0.15, -0.1) is 0 Å². The average Bonchev–Trinajstić information content (AvgIpc) is 2.46. The molecule has 0 radical (unpaired) electrons. The van der Waals surface area contributed by atoms with Gasteiger partial charge in [0.05, 0.1) is 22.6 Å². The van der Waals surface area contributed by atoms with Gasteiger partial charge in [0, 0.05) is 12.1 Å². The highest BCUT2D eigenvalue weighted by atomic mass is 32.2. The van der Waals surface area contributed by atoms with Gasteiger partial charge in [-0.25, -0.2) is 8.42 Å². The van der Waals surface area contributed by atoms with Crippen molar-refractivity contribution in [3.63, 3.8) is 0 Å². The molecule has 0 aliphatic heterocycles. The monoisotopic (exact) mass is 308 g/mol. The lowest BCUT2D eigenvalue weighted by Crippen LogP contribution is -2.21. The number of benzene rings is 1. The van der Waals surface area contributed by atoms with Crippen molar-refractivity contribution in [2.75, 3.05) is 11.1 Å². The summed E-state index contributed by atoms with van der Waals surface area (Å²) in [7, 11) is -3.11. The summed E-state index contributed by atoms with van der Waals surface area (Å²) in [4.78, 5) is 11.7. The van der Waals surface area contributed by atoms with Crippen LogP contribution in [0.25, 0.3) is 0 Å². The van der Waals surface area contributed by atoms with E-state index in [2.05, 4.69) is 5.32 Å². The Hall–Kier alpha value is -1.87. The molecule has 1 unspecified atom stereocenters. The van der Waals surface area contributed by atoms with Crippen LogP contribution in [0.1, 0.15) is 38.7 Å². The summed E-state index contributed by atoms with van der Waals surface area (Å²) in [6.07, 6.45) is 1.03. The van der Waals surface area contributed by atoms with Crippen LogP contribution < -0.4 is 5.32 Å². The lowest BCUT2D eigenvalue weighted by Gasteiger charge is -2.10. The lowest BCUT2D eigenvalue weighted by atomic mass is 10.2. The molecule has 21 heavy (non-hydrogen) atoms. The Morgan fingerprint density at radius 2 is 2.14 bits per heavy atom. The molecule has 1 amide bonds. The van der Waals surface area contributed by atoms with Crippen LogP contribution in [-0.2, 0) is 14.6 Å². The first-order valence-corrected chi connectivity index (χ1v) is 8.62. The van der Waals surface area contributed by atoms with Crippen molar-refractivity contribution in [2.24, 2.45) is 0 Å². The molecule has 1 rings (SSSR count). The number of hydrogen-bond donors (Lipinski definition) is 1. The van der Waals surface area contributed by atoms with Crippen LogP contribution in [0.3, 0.4) is 0 Å². The molecule has 114 valence electrons. The number of carbonyl (C=O) groups is 1. The maximum absolute atomic E-state index is 11.8. The first-order valence-electron chi connectivity index (χ1n) is 6.90. The number of nitrogens with zero attached hydrogens (tertiary/aromatic N) is 1. The first kappa shape index (κ1) is 17.2. The number of amides is 1. The maximum atomic E-state index is 11.8. The van der Waals surface area contributed by atoms with Crippen molar-refractivity contribution in [1.29, 1.82) is 5.26 Å². The van der Waals surface area contributed by atoms with Crippen molar-refractivity contribution in [3.05, 3.63) is 29.8 Å². The predicted molar refractivity (Wildman–Crippen MR) is 82.6 cm³/mol. The Labute approximate surface area is 125 Å². The smallest absolute Gasteiger partial charge is 0.224 e. The highest BCUT2D eigenvalue weighted by molar-refractivity contribution is 7.91. The Morgan fingerprint density at radius 3 is 2.76 bits per heavy atom. The number of hydrogen-bond acceptors (Lipinski definition) is 4. The van der Waals surface area contributed by atoms with Gasteiger partial charge in [0.1, 0.15) is 0 Å². The summed E-state index contributed by atoms with van der Waals surface area (Å²) in [5, 5.41) is 11.1. The fourth-order valence-corrected chi connectivity index (χ4v) is 3.24. The maximum Gasteiger partial charge on any atom is 0.224 e. The second kappa shape index (κ2) is 7.79. The summed E-state index contributed by atoms with van der Waals surface area (Å²) in [6, 6.07) is 8.59. The molecule has 0 bridgehead atoms. The molecule has 1 aromatic rings. The van der Waals surface area contributed by atoms with Crippen LogP contribution in [-0.4, -0.2) is 25.3 Å². The van der Waals surface area contributed by atoms with Crippen molar-refractivity contribution in [3.8, 4) is 6.07 Å². The van der Waals surface area contributed by atoms with Crippen molar-refractivity contribution in [2.45, 2.75) is 38.4 Å². The second-order valence-corrected chi connectivity index (χ2v) is 7.47. The highest BCUT2D eigenvalue weighted by Gasteiger charge is 2.18. The van der Waals surface area contributed by atoms with Gasteiger partial charge in [-0.1, -0.05) is 13.0 Å². The highest BCUT2D eigenvalue weighted by Crippen LogP contribution is 2.12. The Bertz CT molecular complexity index is 633. The lowest BCUT2D eigenvalue weighted by molar-refractivity contribution is -0.116. The van der Waals surface area contributed by atoms with Gasteiger partial charge >= 0.3 is 0 Å². The third kappa shape index (κ3) is 5.56. The molecule has 0 saturated carbocycles. The summed E-state index contributed by atoms with van der Waals surface area (Å²) < 4.78 is 23.6. The van der Waals surface area contributed by atoms with Gasteiger partial charge in [0.2, 0.25) is 5.91 Å². The topological polar surface area (TPSA) is 87.0 Å². The van der Waals surface area contributed by atoms with Crippen molar-refractivity contribution >= 4 is 21.4 Å². The van der Waals surface area contributed by atoms with E-state index in [9.17, 15) is 13.2 Å². The molecule has 0 aliphatic carbocycles. The minimum atomic E-state index is -3.11. The van der Waals surface area contributed by atoms with E-state index in [-0.39, 0.29) is 23.3 Å². The molecule has 1 atom stereocenters. The standard InChI is InChI=1S/C15H20N2O3S/c1-3-12(2)21(19,20)9-5-8-15(18)17-14-7-4-6-13(10-14)11-16/h4,6-7,10,12H,3,5,8-9H2,1-2H3,(H,17,18). The van der Waals surface area contributed by atoms with E-state index in [1.807, 2.05) is 13.0 Å². The largest absolute Gasteiger partial charge is 0.326 e. The van der Waals surface area contributed by atoms with Crippen molar-refractivity contribution < 1.29 is 13.2 Å². The Morgan fingerprint density at radius 1 is 1.43 bits per heavy atom. The fraction of sp³-hybridized carbons (Fsp3) is 0.467. The van der Waals surface area contributed by atoms with Gasteiger partial charge in [0.25, 0.3) is 0 Å². The van der Waals surface area contributed by atoms with E-state index in [4.69, 9.17) is 5.26 Å². The molecule has 0 spiro atoms. The third-order valence-corrected chi connectivity index (χ3v) is 5.71. The number of rotatable bonds is 7. The molecule has 1 aromatic carbocycles. The zero-order valence-electron chi connectivity index (χ0n) is 12.3. The quantitative estimate of drug-likeness (QED) is 0.838. The van der Waals surface area contributed by atoms with Crippen LogP contribution in [0.4, 0.5) is 5.69 Å². The molecular weight excluding hydrogens is 288 g/mol. The SMILES string of the molecule is CCC(C)S(=O)(=O)CCCC(=O)Nc1cccc(C#N)c1. The fourth-order valence-electron chi connectivity index (χ4n) is 1.78. The van der Waals surface area contributed by atoms with Crippen LogP contribution in [0, 0.1) is 11.3 Å². The van der Waals surface area contributed by atoms with E-state index in [1.165, 1.54) is 0 Å². The molecule has 5 nitrogen and oxygen atoms in total. The minimum absolute atomic E-state index is 0.0215. The minimum Gasteiger partial charge on any atom is -0.326 e. The zero-order valence-corrected chi connectivity index (χ0v) is 13.1. The Kier molecular flexibility index (Phi) is 6.38. The van der Waals surface area contributed by atoms with Gasteiger partial charge in [-0.2, -0.15) is 5.26 Å². The van der Waals surface area contributed by atoms with Crippen LogP contribution in [0.15, 0.2) is 24.3 Å². The van der Waals surface area contributed by atoms with Gasteiger partial charge in [-0.3, -0.25) is 4.79 Å². The van der Waals surface area contributed by atoms with Gasteiger partial charge in [-0.05, 0) is 38.0 Å². The number of nitrogens with one attached hydrogen (secondary N) is 1. The normalized spacial score (nSPS) is 12.4. The summed E-state index contributed by atoms with van der Waals surface area (Å²) in [5.74, 6) is -0.224. The van der Waals surface area contributed by atoms with Crippen LogP contribution in [0.2, 0.25) is 0 Å². The van der Waals surface area contributed by atoms with Gasteiger partial charge in [0.15, 0.2) is 9.84 Å². The molecule has 0 aromatic heterocycles. The van der Waals surface area contributed by atoms with Crippen molar-refractivity contribution in [1.82, 2.24) is 0 Å². The zero-order chi connectivity index (χ0) is 15.9. The molecule has 0 aliphatic rings. The average molecular weight is 308 g/mol. The predicted octanol–water partition coefficient (Wildman–Crippen LogP) is 2.49. The molecule has 0 saturated heterocycles. The van der Waals surface area contributed by atoms with E-state index in [0.29, 0.717) is 24.1 Å². The molecular formula is C15H20N2O3S. The van der Waals surface area contributed by atoms with E-state index < -0.39 is 9.84 Å². The molecule has 6 heteroatoms. The van der Waals surface area contributed by atoms with E-state index in [0.717, 1.165) is 0 Å². The van der Waals surface area contributed by atoms with E-state index >= 15 is 0 Å². The second-order valence-electron chi connectivity index (χ2n) is 4.93. The molecule has 0 heterocycles. The number of nitriles is 1. The first-order chi connectivity index (χ1) is 9.89. The Balaban J connectivity index is 2.47. The number of carbonyl (C=O) groups excluding carboxylic acids is 1. The van der Waals surface area contributed by atoms with E-state index in [1.54, 1.807) is 31.2 Å². The van der Waals surface area contributed by atoms with Crippen LogP contribution in [0.5, 0.6) is 0 Å². The third-order valence-electron chi connectivity index (χ3n) is 3.30. The molecule has 0 fully saturated rings. The number of anilines is 1. The molecule has 1 N–H and O–H groups in total. The summed E-state index contributed by atoms with van der Waals surface area (Å²) >= 11 is 0. The summed E-state index contributed by atoms with van der Waals surface area (Å²) in [6.45, 7) is 3.51. The van der Waals surface area contributed by atoms with Crippen LogP contribution >= 0.6 is 0 Å². The van der Waals surface area contributed by atoms with Gasteiger partial charge < -0.3 is 5.32 Å². The number of sulfone groups is 1. The summed E-state index contributed by atoms with van der Waals surface area (Å²) in [5.41, 5.74) is 1.01.